The second kappa shape index (κ2) is 8.44. The van der Waals surface area contributed by atoms with Crippen molar-refractivity contribution in [1.29, 1.82) is 0 Å². The van der Waals surface area contributed by atoms with Crippen molar-refractivity contribution in [3.05, 3.63) is 120 Å². The van der Waals surface area contributed by atoms with Gasteiger partial charge in [0.15, 0.2) is 5.78 Å². The Balaban J connectivity index is 1.68. The summed E-state index contributed by atoms with van der Waals surface area (Å²) in [4.78, 5) is 12.8. The number of nitrogens with one attached hydrogen (secondary N) is 1. The summed E-state index contributed by atoms with van der Waals surface area (Å²) < 4.78 is 0. The molecule has 0 bridgehead atoms. The number of anilines is 1. The molecule has 4 aromatic rings. The van der Waals surface area contributed by atoms with E-state index >= 15 is 0 Å². The first-order chi connectivity index (χ1) is 14.2. The molecule has 3 nitrogen and oxygen atoms in total. The van der Waals surface area contributed by atoms with Crippen molar-refractivity contribution in [3.63, 3.8) is 0 Å². The monoisotopic (exact) mass is 378 g/mol. The van der Waals surface area contributed by atoms with E-state index in [0.717, 1.165) is 27.9 Å². The van der Waals surface area contributed by atoms with Crippen molar-refractivity contribution in [3.8, 4) is 0 Å². The van der Waals surface area contributed by atoms with Crippen molar-refractivity contribution in [2.24, 2.45) is 0 Å². The van der Waals surface area contributed by atoms with Gasteiger partial charge in [0, 0.05) is 29.6 Å². The van der Waals surface area contributed by atoms with Crippen molar-refractivity contribution in [2.45, 2.75) is 6.54 Å². The fraction of sp³-hybridized carbons (Fsp3) is 0.0385. The predicted molar refractivity (Wildman–Crippen MR) is 120 cm³/mol. The Kier molecular flexibility index (Phi) is 5.39. The summed E-state index contributed by atoms with van der Waals surface area (Å²) in [6, 6.07) is 31.5. The molecule has 0 fully saturated rings. The van der Waals surface area contributed by atoms with Crippen LogP contribution in [0.5, 0.6) is 0 Å². The third-order valence-corrected chi connectivity index (χ3v) is 4.86. The maximum absolute atomic E-state index is 12.8. The van der Waals surface area contributed by atoms with E-state index in [4.69, 9.17) is 5.73 Å². The summed E-state index contributed by atoms with van der Waals surface area (Å²) in [6.45, 7) is 0.598. The zero-order valence-electron chi connectivity index (χ0n) is 16.0. The largest absolute Gasteiger partial charge is 0.399 e. The number of hydrogen-bond donors (Lipinski definition) is 2. The standard InChI is InChI=1S/C26H22N2O/c27-24-14-10-19(11-15-24)18-28-25(17-26(29)21-7-2-1-3-8-21)23-13-12-20-6-4-5-9-22(20)16-23/h1-17,28H,18,27H2/b25-17-. The molecule has 0 aliphatic rings. The number of ketones is 1. The molecule has 0 radical (unpaired) electrons. The molecule has 0 unspecified atom stereocenters. The van der Waals surface area contributed by atoms with E-state index in [2.05, 4.69) is 29.6 Å². The Bertz CT molecular complexity index is 1160. The second-order valence-corrected chi connectivity index (χ2v) is 6.95. The Morgan fingerprint density at radius 1 is 0.759 bits per heavy atom. The van der Waals surface area contributed by atoms with Crippen LogP contribution in [0.3, 0.4) is 0 Å². The van der Waals surface area contributed by atoms with Crippen LogP contribution in [0.25, 0.3) is 16.5 Å². The molecule has 0 saturated heterocycles. The fourth-order valence-electron chi connectivity index (χ4n) is 3.24. The lowest BCUT2D eigenvalue weighted by Gasteiger charge is -2.13. The van der Waals surface area contributed by atoms with Crippen molar-refractivity contribution < 1.29 is 4.79 Å². The number of allylic oxidation sites excluding steroid dienone is 1. The third kappa shape index (κ3) is 4.53. The zero-order chi connectivity index (χ0) is 20.1. The van der Waals surface area contributed by atoms with E-state index in [-0.39, 0.29) is 5.78 Å². The SMILES string of the molecule is Nc1ccc(CN/C(=C\C(=O)c2ccccc2)c2ccc3ccccc3c2)cc1. The topological polar surface area (TPSA) is 55.1 Å². The molecule has 0 atom stereocenters. The minimum Gasteiger partial charge on any atom is -0.399 e. The molecule has 0 aliphatic carbocycles. The van der Waals surface area contributed by atoms with Gasteiger partial charge in [-0.25, -0.2) is 0 Å². The fourth-order valence-corrected chi connectivity index (χ4v) is 3.24. The molecule has 29 heavy (non-hydrogen) atoms. The Morgan fingerprint density at radius 2 is 1.45 bits per heavy atom. The van der Waals surface area contributed by atoms with Crippen molar-refractivity contribution >= 4 is 27.9 Å². The van der Waals surface area contributed by atoms with Crippen molar-refractivity contribution in [1.82, 2.24) is 5.32 Å². The van der Waals surface area contributed by atoms with Gasteiger partial charge in [-0.05, 0) is 40.1 Å². The first-order valence-electron chi connectivity index (χ1n) is 9.57. The quantitative estimate of drug-likeness (QED) is 0.267. The first-order valence-corrected chi connectivity index (χ1v) is 9.57. The van der Waals surface area contributed by atoms with Gasteiger partial charge in [-0.2, -0.15) is 0 Å². The van der Waals surface area contributed by atoms with E-state index in [1.165, 1.54) is 5.39 Å². The maximum Gasteiger partial charge on any atom is 0.187 e. The molecule has 4 aromatic carbocycles. The Labute approximate surface area is 170 Å². The average Bonchev–Trinajstić information content (AvgIpc) is 2.78. The molecular weight excluding hydrogens is 356 g/mol. The highest BCUT2D eigenvalue weighted by atomic mass is 16.1. The van der Waals surface area contributed by atoms with Gasteiger partial charge in [-0.3, -0.25) is 4.79 Å². The van der Waals surface area contributed by atoms with E-state index in [0.29, 0.717) is 12.1 Å². The minimum absolute atomic E-state index is 0.0291. The van der Waals surface area contributed by atoms with Crippen LogP contribution < -0.4 is 11.1 Å². The summed E-state index contributed by atoms with van der Waals surface area (Å²) in [6.07, 6.45) is 1.68. The van der Waals surface area contributed by atoms with Crippen LogP contribution in [0.4, 0.5) is 5.69 Å². The number of benzene rings is 4. The Morgan fingerprint density at radius 3 is 2.21 bits per heavy atom. The molecule has 0 heterocycles. The van der Waals surface area contributed by atoms with Gasteiger partial charge in [0.2, 0.25) is 0 Å². The highest BCUT2D eigenvalue weighted by Gasteiger charge is 2.08. The van der Waals surface area contributed by atoms with Crippen LogP contribution in [-0.2, 0) is 6.54 Å². The molecule has 0 spiro atoms. The number of rotatable bonds is 6. The summed E-state index contributed by atoms with van der Waals surface area (Å²) in [5.41, 5.74) is 10.0. The van der Waals surface area contributed by atoms with Crippen LogP contribution in [0, 0.1) is 0 Å². The number of hydrogen-bond acceptors (Lipinski definition) is 3. The van der Waals surface area contributed by atoms with Crippen LogP contribution in [0.15, 0.2) is 103 Å². The lowest BCUT2D eigenvalue weighted by Crippen LogP contribution is -2.13. The number of nitrogens with two attached hydrogens (primary N) is 1. The maximum atomic E-state index is 12.8. The molecule has 0 aromatic heterocycles. The smallest absolute Gasteiger partial charge is 0.187 e. The van der Waals surface area contributed by atoms with Gasteiger partial charge in [0.25, 0.3) is 0 Å². The summed E-state index contributed by atoms with van der Waals surface area (Å²) >= 11 is 0. The molecule has 3 heteroatoms. The van der Waals surface area contributed by atoms with Gasteiger partial charge in [-0.15, -0.1) is 0 Å². The lowest BCUT2D eigenvalue weighted by molar-refractivity contribution is 0.104. The van der Waals surface area contributed by atoms with Crippen LogP contribution in [0.1, 0.15) is 21.5 Å². The molecule has 0 saturated carbocycles. The minimum atomic E-state index is -0.0291. The van der Waals surface area contributed by atoms with Gasteiger partial charge in [0.1, 0.15) is 0 Å². The second-order valence-electron chi connectivity index (χ2n) is 6.95. The molecule has 142 valence electrons. The van der Waals surface area contributed by atoms with Crippen LogP contribution >= 0.6 is 0 Å². The third-order valence-electron chi connectivity index (χ3n) is 4.86. The highest BCUT2D eigenvalue weighted by Crippen LogP contribution is 2.21. The summed E-state index contributed by atoms with van der Waals surface area (Å²) in [5.74, 6) is -0.0291. The van der Waals surface area contributed by atoms with E-state index in [9.17, 15) is 4.79 Å². The lowest BCUT2D eigenvalue weighted by atomic mass is 10.0. The van der Waals surface area contributed by atoms with Crippen molar-refractivity contribution in [2.75, 3.05) is 5.73 Å². The highest BCUT2D eigenvalue weighted by molar-refractivity contribution is 6.08. The molecule has 3 N–H and O–H groups in total. The van der Waals surface area contributed by atoms with E-state index in [1.54, 1.807) is 6.08 Å². The average molecular weight is 378 g/mol. The number of nitrogen functional groups attached to an aromatic ring is 1. The summed E-state index contributed by atoms with van der Waals surface area (Å²) in [5, 5.41) is 5.74. The molecule has 0 amide bonds. The summed E-state index contributed by atoms with van der Waals surface area (Å²) in [7, 11) is 0. The number of carbonyl (C=O) groups excluding carboxylic acids is 1. The van der Waals surface area contributed by atoms with Crippen LogP contribution in [-0.4, -0.2) is 5.78 Å². The van der Waals surface area contributed by atoms with Crippen LogP contribution in [0.2, 0.25) is 0 Å². The molecule has 4 rings (SSSR count). The molecular formula is C26H22N2O. The van der Waals surface area contributed by atoms with E-state index < -0.39 is 0 Å². The van der Waals surface area contributed by atoms with Gasteiger partial charge >= 0.3 is 0 Å². The number of fused-ring (bicyclic) bond motifs is 1. The van der Waals surface area contributed by atoms with E-state index in [1.807, 2.05) is 72.8 Å². The normalized spacial score (nSPS) is 11.4. The zero-order valence-corrected chi connectivity index (χ0v) is 16.0. The molecule has 0 aliphatic heterocycles. The first kappa shape index (κ1) is 18.5. The Hall–Kier alpha value is -3.85. The van der Waals surface area contributed by atoms with Gasteiger partial charge in [0.05, 0.1) is 0 Å². The number of carbonyl (C=O) groups is 1. The van der Waals surface area contributed by atoms with Gasteiger partial charge in [-0.1, -0.05) is 78.9 Å². The predicted octanol–water partition coefficient (Wildman–Crippen LogP) is 5.44. The van der Waals surface area contributed by atoms with Gasteiger partial charge < -0.3 is 11.1 Å².